The lowest BCUT2D eigenvalue weighted by molar-refractivity contribution is -0.124. The lowest BCUT2D eigenvalue weighted by atomic mass is 10.1. The summed E-state index contributed by atoms with van der Waals surface area (Å²) in [7, 11) is 0. The molecule has 2 atom stereocenters. The maximum atomic E-state index is 12.4. The van der Waals surface area contributed by atoms with Gasteiger partial charge in [0.1, 0.15) is 11.7 Å². The summed E-state index contributed by atoms with van der Waals surface area (Å²) < 4.78 is 0. The van der Waals surface area contributed by atoms with Crippen LogP contribution < -0.4 is 10.6 Å². The minimum absolute atomic E-state index is 0.0688. The van der Waals surface area contributed by atoms with E-state index >= 15 is 0 Å². The van der Waals surface area contributed by atoms with Gasteiger partial charge < -0.3 is 15.7 Å². The Bertz CT molecular complexity index is 746. The molecule has 0 fully saturated rings. The molecular weight excluding hydrogens is 344 g/mol. The summed E-state index contributed by atoms with van der Waals surface area (Å²) in [5, 5.41) is 15.0. The van der Waals surface area contributed by atoms with Gasteiger partial charge in [-0.25, -0.2) is 4.98 Å². The quantitative estimate of drug-likeness (QED) is 0.660. The molecule has 0 aliphatic heterocycles. The van der Waals surface area contributed by atoms with Crippen LogP contribution in [0.3, 0.4) is 0 Å². The predicted molar refractivity (Wildman–Crippen MR) is 102 cm³/mol. The van der Waals surface area contributed by atoms with Gasteiger partial charge >= 0.3 is 0 Å². The fraction of sp³-hybridized carbons (Fsp3) is 0.350. The lowest BCUT2D eigenvalue weighted by Crippen LogP contribution is -2.52. The first-order valence-corrected chi connectivity index (χ1v) is 8.87. The van der Waals surface area contributed by atoms with Gasteiger partial charge in [-0.15, -0.1) is 0 Å². The second kappa shape index (κ2) is 9.78. The number of carbonyl (C=O) groups excluding carboxylic acids is 2. The molecule has 0 spiro atoms. The van der Waals surface area contributed by atoms with Gasteiger partial charge in [0.15, 0.2) is 0 Å². The highest BCUT2D eigenvalue weighted by Crippen LogP contribution is 2.14. The smallest absolute Gasteiger partial charge is 0.272 e. The first-order chi connectivity index (χ1) is 12.9. The summed E-state index contributed by atoms with van der Waals surface area (Å²) in [5.74, 6) is -0.664. The molecule has 1 heterocycles. The molecular formula is C20H25N4O3. The van der Waals surface area contributed by atoms with E-state index in [1.54, 1.807) is 6.54 Å². The Kier molecular flexibility index (Phi) is 7.43. The average Bonchev–Trinajstić information content (AvgIpc) is 2.66. The summed E-state index contributed by atoms with van der Waals surface area (Å²) in [6, 6.07) is 8.38. The van der Waals surface area contributed by atoms with Gasteiger partial charge in [-0.05, 0) is 19.3 Å². The van der Waals surface area contributed by atoms with Crippen LogP contribution in [0, 0.1) is 12.5 Å². The van der Waals surface area contributed by atoms with E-state index in [1.165, 1.54) is 19.3 Å². The maximum Gasteiger partial charge on any atom is 0.272 e. The number of rotatable bonds is 8. The Morgan fingerprint density at radius 1 is 1.11 bits per heavy atom. The molecule has 0 aliphatic rings. The highest BCUT2D eigenvalue weighted by Gasteiger charge is 2.26. The van der Waals surface area contributed by atoms with E-state index in [0.29, 0.717) is 18.0 Å². The number of aliphatic hydroxyl groups is 1. The van der Waals surface area contributed by atoms with Crippen molar-refractivity contribution in [2.24, 2.45) is 5.92 Å². The van der Waals surface area contributed by atoms with Gasteiger partial charge in [-0.3, -0.25) is 14.6 Å². The molecule has 0 saturated carbocycles. The minimum Gasteiger partial charge on any atom is -0.391 e. The fourth-order valence-electron chi connectivity index (χ4n) is 2.31. The van der Waals surface area contributed by atoms with Crippen molar-refractivity contribution >= 4 is 11.8 Å². The number of benzene rings is 1. The van der Waals surface area contributed by atoms with E-state index in [-0.39, 0.29) is 5.69 Å². The van der Waals surface area contributed by atoms with Crippen LogP contribution in [0.15, 0.2) is 42.7 Å². The van der Waals surface area contributed by atoms with Crippen molar-refractivity contribution in [3.8, 4) is 11.3 Å². The summed E-state index contributed by atoms with van der Waals surface area (Å²) in [6.07, 6.45) is 2.48. The lowest BCUT2D eigenvalue weighted by Gasteiger charge is -2.20. The van der Waals surface area contributed by atoms with Crippen LogP contribution in [-0.2, 0) is 4.79 Å². The van der Waals surface area contributed by atoms with Gasteiger partial charge in [0.25, 0.3) is 5.91 Å². The summed E-state index contributed by atoms with van der Waals surface area (Å²) in [4.78, 5) is 33.0. The number of amides is 2. The number of nitrogens with one attached hydrogen (secondary N) is 2. The molecule has 0 unspecified atom stereocenters. The third kappa shape index (κ3) is 6.14. The fourth-order valence-corrected chi connectivity index (χ4v) is 2.31. The van der Waals surface area contributed by atoms with Gasteiger partial charge in [-0.2, -0.15) is 0 Å². The molecule has 143 valence electrons. The zero-order valence-corrected chi connectivity index (χ0v) is 15.7. The third-order valence-electron chi connectivity index (χ3n) is 3.84. The van der Waals surface area contributed by atoms with Crippen LogP contribution in [0.4, 0.5) is 0 Å². The molecule has 2 amide bonds. The molecule has 0 bridgehead atoms. The van der Waals surface area contributed by atoms with Crippen molar-refractivity contribution in [2.75, 3.05) is 0 Å². The maximum absolute atomic E-state index is 12.4. The highest BCUT2D eigenvalue weighted by molar-refractivity contribution is 5.96. The van der Waals surface area contributed by atoms with E-state index in [4.69, 9.17) is 0 Å². The Labute approximate surface area is 159 Å². The standard InChI is InChI=1S/C20H25N4O3/c1-13(2)9-10-21-20(27)18(14(3)25)24-19(26)17-12-22-16(11-23-17)15-7-5-4-6-8-15/h4-8,10-14,18,25H,9H2,1-3H3,(H,21,27)(H,24,26)/t14-,18+/m1/s1. The zero-order chi connectivity index (χ0) is 19.8. The van der Waals surface area contributed by atoms with E-state index in [9.17, 15) is 14.7 Å². The summed E-state index contributed by atoms with van der Waals surface area (Å²) >= 11 is 0. The Morgan fingerprint density at radius 3 is 2.37 bits per heavy atom. The normalized spacial score (nSPS) is 13.1. The van der Waals surface area contributed by atoms with Crippen LogP contribution >= 0.6 is 0 Å². The molecule has 1 aromatic heterocycles. The summed E-state index contributed by atoms with van der Waals surface area (Å²) in [6.45, 7) is 7.11. The molecule has 2 aromatic rings. The summed E-state index contributed by atoms with van der Waals surface area (Å²) in [5.41, 5.74) is 1.60. The molecule has 0 saturated heterocycles. The number of aromatic nitrogens is 2. The van der Waals surface area contributed by atoms with E-state index in [0.717, 1.165) is 5.56 Å². The Balaban J connectivity index is 2.01. The van der Waals surface area contributed by atoms with E-state index in [2.05, 4.69) is 20.6 Å². The van der Waals surface area contributed by atoms with Crippen molar-refractivity contribution in [3.63, 3.8) is 0 Å². The average molecular weight is 369 g/mol. The third-order valence-corrected chi connectivity index (χ3v) is 3.84. The molecule has 2 rings (SSSR count). The molecule has 0 aliphatic carbocycles. The molecule has 3 N–H and O–H groups in total. The van der Waals surface area contributed by atoms with Crippen molar-refractivity contribution in [3.05, 3.63) is 55.0 Å². The van der Waals surface area contributed by atoms with Crippen molar-refractivity contribution < 1.29 is 14.7 Å². The van der Waals surface area contributed by atoms with Crippen LogP contribution in [-0.4, -0.2) is 39.0 Å². The Morgan fingerprint density at radius 2 is 1.81 bits per heavy atom. The molecule has 1 aromatic carbocycles. The van der Waals surface area contributed by atoms with Crippen LogP contribution in [0.2, 0.25) is 0 Å². The first kappa shape index (κ1) is 20.5. The molecule has 1 radical (unpaired) electrons. The van der Waals surface area contributed by atoms with Crippen molar-refractivity contribution in [1.82, 2.24) is 20.6 Å². The predicted octanol–water partition coefficient (Wildman–Crippen LogP) is 1.95. The van der Waals surface area contributed by atoms with Gasteiger partial charge in [0.2, 0.25) is 5.91 Å². The largest absolute Gasteiger partial charge is 0.391 e. The van der Waals surface area contributed by atoms with E-state index in [1.807, 2.05) is 44.2 Å². The number of hydrogen-bond acceptors (Lipinski definition) is 5. The van der Waals surface area contributed by atoms with Gasteiger partial charge in [-0.1, -0.05) is 44.2 Å². The number of carbonyl (C=O) groups is 2. The van der Waals surface area contributed by atoms with E-state index < -0.39 is 24.0 Å². The number of nitrogens with zero attached hydrogens (tertiary/aromatic N) is 2. The number of hydrogen-bond donors (Lipinski definition) is 3. The molecule has 7 heteroatoms. The SMILES string of the molecule is CC(C)C[CH]NC(=O)[C@@H](NC(=O)c1cnc(-c2ccccc2)cn1)[C@@H](C)O. The van der Waals surface area contributed by atoms with Crippen molar-refractivity contribution in [1.29, 1.82) is 0 Å². The second-order valence-corrected chi connectivity index (χ2v) is 6.69. The van der Waals surface area contributed by atoms with Crippen molar-refractivity contribution in [2.45, 2.75) is 39.3 Å². The van der Waals surface area contributed by atoms with Gasteiger partial charge in [0.05, 0.1) is 24.2 Å². The molecule has 27 heavy (non-hydrogen) atoms. The highest BCUT2D eigenvalue weighted by atomic mass is 16.3. The minimum atomic E-state index is -1.09. The number of aliphatic hydroxyl groups excluding tert-OH is 1. The van der Waals surface area contributed by atoms with Crippen LogP contribution in [0.25, 0.3) is 11.3 Å². The van der Waals surface area contributed by atoms with Crippen LogP contribution in [0.5, 0.6) is 0 Å². The van der Waals surface area contributed by atoms with Gasteiger partial charge in [0, 0.05) is 12.1 Å². The topological polar surface area (TPSA) is 104 Å². The first-order valence-electron chi connectivity index (χ1n) is 8.87. The van der Waals surface area contributed by atoms with Crippen LogP contribution in [0.1, 0.15) is 37.7 Å². The Hall–Kier alpha value is -2.80. The second-order valence-electron chi connectivity index (χ2n) is 6.69. The monoisotopic (exact) mass is 369 g/mol. The zero-order valence-electron chi connectivity index (χ0n) is 15.7. The molecule has 7 nitrogen and oxygen atoms in total.